The maximum Gasteiger partial charge on any atom is 0.230 e. The van der Waals surface area contributed by atoms with Crippen LogP contribution in [-0.4, -0.2) is 25.7 Å². The summed E-state index contributed by atoms with van der Waals surface area (Å²) in [5, 5.41) is 0. The first kappa shape index (κ1) is 17.7. The second-order valence-electron chi connectivity index (χ2n) is 7.07. The first-order chi connectivity index (χ1) is 13.3. The van der Waals surface area contributed by atoms with Crippen LogP contribution in [0.2, 0.25) is 0 Å². The Kier molecular flexibility index (Phi) is 5.42. The van der Waals surface area contributed by atoms with Gasteiger partial charge in [0.25, 0.3) is 0 Å². The molecule has 2 aliphatic rings. The van der Waals surface area contributed by atoms with E-state index in [1.807, 2.05) is 41.3 Å². The summed E-state index contributed by atoms with van der Waals surface area (Å²) >= 11 is 0. The number of amides is 1. The van der Waals surface area contributed by atoms with Gasteiger partial charge in [-0.05, 0) is 30.5 Å². The van der Waals surface area contributed by atoms with Crippen LogP contribution in [0.15, 0.2) is 54.6 Å². The minimum Gasteiger partial charge on any atom is -0.486 e. The van der Waals surface area contributed by atoms with E-state index in [0.29, 0.717) is 19.8 Å². The van der Waals surface area contributed by atoms with Gasteiger partial charge in [0.1, 0.15) is 13.2 Å². The van der Waals surface area contributed by atoms with E-state index < -0.39 is 0 Å². The lowest BCUT2D eigenvalue weighted by molar-refractivity contribution is -0.122. The van der Waals surface area contributed by atoms with Crippen molar-refractivity contribution in [3.63, 3.8) is 0 Å². The molecule has 140 valence electrons. The van der Waals surface area contributed by atoms with E-state index in [4.69, 9.17) is 9.47 Å². The number of carbonyl (C=O) groups excluding carboxylic acids is 1. The fourth-order valence-electron chi connectivity index (χ4n) is 3.77. The van der Waals surface area contributed by atoms with E-state index in [9.17, 15) is 4.79 Å². The molecule has 1 amide bonds. The van der Waals surface area contributed by atoms with E-state index in [0.717, 1.165) is 48.4 Å². The quantitative estimate of drug-likeness (QED) is 0.773. The van der Waals surface area contributed by atoms with Crippen molar-refractivity contribution in [2.75, 3.05) is 24.7 Å². The molecule has 0 saturated heterocycles. The normalized spacial score (nSPS) is 16.6. The summed E-state index contributed by atoms with van der Waals surface area (Å²) in [6.07, 6.45) is 8.38. The molecule has 1 aliphatic heterocycles. The van der Waals surface area contributed by atoms with E-state index in [-0.39, 0.29) is 11.8 Å². The second-order valence-corrected chi connectivity index (χ2v) is 7.07. The largest absolute Gasteiger partial charge is 0.486 e. The van der Waals surface area contributed by atoms with Gasteiger partial charge in [-0.25, -0.2) is 0 Å². The van der Waals surface area contributed by atoms with Gasteiger partial charge in [-0.3, -0.25) is 4.79 Å². The molecule has 27 heavy (non-hydrogen) atoms. The average Bonchev–Trinajstić information content (AvgIpc) is 3.26. The van der Waals surface area contributed by atoms with E-state index in [1.54, 1.807) is 0 Å². The van der Waals surface area contributed by atoms with E-state index in [2.05, 4.69) is 24.3 Å². The molecular formula is C23H25NO3. The van der Waals surface area contributed by atoms with Crippen LogP contribution in [0.3, 0.4) is 0 Å². The smallest absolute Gasteiger partial charge is 0.230 e. The maximum atomic E-state index is 13.2. The molecule has 1 aliphatic carbocycles. The standard InChI is InChI=1S/C23H25NO3/c25-23(19-10-4-5-11-19)24(14-6-9-18-7-2-1-3-8-18)20-12-13-21-22(17-20)27-16-15-26-21/h1-3,6-9,12-13,17,19H,4-5,10-11,14-16H2/b9-6+. The highest BCUT2D eigenvalue weighted by molar-refractivity contribution is 5.96. The molecule has 0 atom stereocenters. The SMILES string of the molecule is O=C(C1CCCC1)N(C/C=C/c1ccccc1)c1ccc2c(c1)OCCO2. The van der Waals surface area contributed by atoms with E-state index in [1.165, 1.54) is 0 Å². The van der Waals surface area contributed by atoms with Gasteiger partial charge in [0.15, 0.2) is 11.5 Å². The highest BCUT2D eigenvalue weighted by Gasteiger charge is 2.28. The Hall–Kier alpha value is -2.75. The zero-order valence-electron chi connectivity index (χ0n) is 15.5. The van der Waals surface area contributed by atoms with Gasteiger partial charge in [-0.2, -0.15) is 0 Å². The molecule has 2 aromatic carbocycles. The molecule has 4 nitrogen and oxygen atoms in total. The van der Waals surface area contributed by atoms with Crippen LogP contribution in [0.1, 0.15) is 31.2 Å². The minimum absolute atomic E-state index is 0.128. The zero-order chi connectivity index (χ0) is 18.5. The number of anilines is 1. The minimum atomic E-state index is 0.128. The first-order valence-corrected chi connectivity index (χ1v) is 9.74. The molecule has 1 fully saturated rings. The first-order valence-electron chi connectivity index (χ1n) is 9.74. The van der Waals surface area contributed by atoms with Crippen LogP contribution in [0, 0.1) is 5.92 Å². The van der Waals surface area contributed by atoms with Crippen molar-refractivity contribution < 1.29 is 14.3 Å². The van der Waals surface area contributed by atoms with Gasteiger partial charge in [0.05, 0.1) is 0 Å². The fraction of sp³-hybridized carbons (Fsp3) is 0.348. The predicted molar refractivity (Wildman–Crippen MR) is 107 cm³/mol. The van der Waals surface area contributed by atoms with Crippen LogP contribution in [0.4, 0.5) is 5.69 Å². The predicted octanol–water partition coefficient (Wildman–Crippen LogP) is 4.69. The molecule has 0 bridgehead atoms. The average molecular weight is 363 g/mol. The molecule has 1 saturated carbocycles. The van der Waals surface area contributed by atoms with Crippen LogP contribution < -0.4 is 14.4 Å². The number of ether oxygens (including phenoxy) is 2. The van der Waals surface area contributed by atoms with Gasteiger partial charge in [0, 0.05) is 24.2 Å². The maximum absolute atomic E-state index is 13.2. The lowest BCUT2D eigenvalue weighted by atomic mass is 10.1. The van der Waals surface area contributed by atoms with Crippen molar-refractivity contribution in [2.45, 2.75) is 25.7 Å². The molecule has 2 aromatic rings. The van der Waals surface area contributed by atoms with Gasteiger partial charge in [0.2, 0.25) is 5.91 Å². The van der Waals surface area contributed by atoms with Gasteiger partial charge in [-0.1, -0.05) is 55.3 Å². The van der Waals surface area contributed by atoms with Crippen molar-refractivity contribution in [1.29, 1.82) is 0 Å². The summed E-state index contributed by atoms with van der Waals surface area (Å²) in [5.41, 5.74) is 2.00. The molecule has 1 heterocycles. The molecule has 0 radical (unpaired) electrons. The summed E-state index contributed by atoms with van der Waals surface area (Å²) in [5.74, 6) is 1.80. The molecule has 4 rings (SSSR count). The number of hydrogen-bond acceptors (Lipinski definition) is 3. The van der Waals surface area contributed by atoms with Crippen LogP contribution >= 0.6 is 0 Å². The lowest BCUT2D eigenvalue weighted by Gasteiger charge is -2.26. The Morgan fingerprint density at radius 3 is 2.52 bits per heavy atom. The highest BCUT2D eigenvalue weighted by Crippen LogP contribution is 2.35. The monoisotopic (exact) mass is 363 g/mol. The van der Waals surface area contributed by atoms with Gasteiger partial charge in [-0.15, -0.1) is 0 Å². The lowest BCUT2D eigenvalue weighted by Crippen LogP contribution is -2.35. The van der Waals surface area contributed by atoms with Crippen molar-refractivity contribution >= 4 is 17.7 Å². The summed E-state index contributed by atoms with van der Waals surface area (Å²) < 4.78 is 11.3. The number of hydrogen-bond donors (Lipinski definition) is 0. The van der Waals surface area contributed by atoms with Crippen LogP contribution in [0.5, 0.6) is 11.5 Å². The van der Waals surface area contributed by atoms with Crippen LogP contribution in [-0.2, 0) is 4.79 Å². The Balaban J connectivity index is 1.57. The summed E-state index contributed by atoms with van der Waals surface area (Å²) in [6.45, 7) is 1.65. The Morgan fingerprint density at radius 2 is 1.74 bits per heavy atom. The Labute approximate surface area is 160 Å². The summed E-state index contributed by atoms with van der Waals surface area (Å²) in [7, 11) is 0. The number of rotatable bonds is 5. The second kappa shape index (κ2) is 8.30. The third-order valence-electron chi connectivity index (χ3n) is 5.21. The van der Waals surface area contributed by atoms with Gasteiger partial charge < -0.3 is 14.4 Å². The number of fused-ring (bicyclic) bond motifs is 1. The van der Waals surface area contributed by atoms with Gasteiger partial charge >= 0.3 is 0 Å². The molecule has 0 unspecified atom stereocenters. The number of nitrogens with zero attached hydrogens (tertiary/aromatic N) is 1. The number of benzene rings is 2. The third kappa shape index (κ3) is 4.16. The third-order valence-corrected chi connectivity index (χ3v) is 5.21. The molecule has 4 heteroatoms. The fourth-order valence-corrected chi connectivity index (χ4v) is 3.77. The van der Waals surface area contributed by atoms with Crippen molar-refractivity contribution in [3.05, 3.63) is 60.2 Å². The highest BCUT2D eigenvalue weighted by atomic mass is 16.6. The Bertz CT molecular complexity index is 810. The summed E-state index contributed by atoms with van der Waals surface area (Å²) in [4.78, 5) is 15.1. The van der Waals surface area contributed by atoms with Crippen LogP contribution in [0.25, 0.3) is 6.08 Å². The topological polar surface area (TPSA) is 38.8 Å². The molecule has 0 spiro atoms. The Morgan fingerprint density at radius 1 is 1.00 bits per heavy atom. The van der Waals surface area contributed by atoms with Crippen molar-refractivity contribution in [3.8, 4) is 11.5 Å². The number of carbonyl (C=O) groups is 1. The molecule has 0 N–H and O–H groups in total. The summed E-state index contributed by atoms with van der Waals surface area (Å²) in [6, 6.07) is 15.9. The van der Waals surface area contributed by atoms with Crippen molar-refractivity contribution in [2.24, 2.45) is 5.92 Å². The molecular weight excluding hydrogens is 338 g/mol. The van der Waals surface area contributed by atoms with Crippen molar-refractivity contribution in [1.82, 2.24) is 0 Å². The van der Waals surface area contributed by atoms with E-state index >= 15 is 0 Å². The molecule has 0 aromatic heterocycles. The zero-order valence-corrected chi connectivity index (χ0v) is 15.5.